The summed E-state index contributed by atoms with van der Waals surface area (Å²) in [6, 6.07) is 6.60. The fourth-order valence-electron chi connectivity index (χ4n) is 2.62. The number of carboxylic acids is 1. The third-order valence-corrected chi connectivity index (χ3v) is 3.78. The normalized spacial score (nSPS) is 17.0. The summed E-state index contributed by atoms with van der Waals surface area (Å²) >= 11 is 0. The molecule has 0 radical (unpaired) electrons. The van der Waals surface area contributed by atoms with Gasteiger partial charge in [-0.15, -0.1) is 6.58 Å². The average molecular weight is 288 g/mol. The smallest absolute Gasteiger partial charge is 0.326 e. The van der Waals surface area contributed by atoms with Crippen LogP contribution in [0.2, 0.25) is 0 Å². The number of fused-ring (bicyclic) bond motifs is 1. The molecule has 1 N–H and O–H groups in total. The lowest BCUT2D eigenvalue weighted by atomic mass is 9.94. The molecule has 0 spiro atoms. The molecular formula is C16H20N2O3. The molecule has 21 heavy (non-hydrogen) atoms. The first-order valence-corrected chi connectivity index (χ1v) is 7.04. The number of urea groups is 1. The van der Waals surface area contributed by atoms with E-state index >= 15 is 0 Å². The maximum absolute atomic E-state index is 12.6. The van der Waals surface area contributed by atoms with Gasteiger partial charge in [-0.3, -0.25) is 0 Å². The van der Waals surface area contributed by atoms with E-state index in [0.29, 0.717) is 26.1 Å². The van der Waals surface area contributed by atoms with Gasteiger partial charge in [0.05, 0.1) is 0 Å². The van der Waals surface area contributed by atoms with E-state index in [1.807, 2.05) is 31.2 Å². The SMILES string of the molecule is C=CCN(CC)C(=O)N1Cc2ccccc2C[C@H]1C(=O)O. The van der Waals surface area contributed by atoms with Crippen molar-refractivity contribution < 1.29 is 14.7 Å². The van der Waals surface area contributed by atoms with Gasteiger partial charge in [0, 0.05) is 26.1 Å². The number of hydrogen-bond acceptors (Lipinski definition) is 2. The second kappa shape index (κ2) is 6.43. The van der Waals surface area contributed by atoms with E-state index in [-0.39, 0.29) is 6.03 Å². The molecule has 1 atom stereocenters. The Morgan fingerprint density at radius 2 is 2.10 bits per heavy atom. The minimum absolute atomic E-state index is 0.251. The fourth-order valence-corrected chi connectivity index (χ4v) is 2.62. The van der Waals surface area contributed by atoms with E-state index < -0.39 is 12.0 Å². The lowest BCUT2D eigenvalue weighted by Crippen LogP contribution is -2.53. The van der Waals surface area contributed by atoms with Crippen molar-refractivity contribution in [1.29, 1.82) is 0 Å². The van der Waals surface area contributed by atoms with Gasteiger partial charge in [0.1, 0.15) is 6.04 Å². The van der Waals surface area contributed by atoms with Gasteiger partial charge in [-0.2, -0.15) is 0 Å². The van der Waals surface area contributed by atoms with Crippen LogP contribution in [-0.2, 0) is 17.8 Å². The number of likely N-dealkylation sites (N-methyl/N-ethyl adjacent to an activating group) is 1. The molecular weight excluding hydrogens is 268 g/mol. The molecule has 0 saturated carbocycles. The lowest BCUT2D eigenvalue weighted by molar-refractivity contribution is -0.142. The van der Waals surface area contributed by atoms with E-state index in [1.165, 1.54) is 4.90 Å². The number of amides is 2. The maximum atomic E-state index is 12.6. The van der Waals surface area contributed by atoms with Crippen LogP contribution < -0.4 is 0 Å². The first-order chi connectivity index (χ1) is 10.1. The molecule has 112 valence electrons. The quantitative estimate of drug-likeness (QED) is 0.863. The van der Waals surface area contributed by atoms with Gasteiger partial charge in [0.15, 0.2) is 0 Å². The van der Waals surface area contributed by atoms with Gasteiger partial charge in [0.2, 0.25) is 0 Å². The van der Waals surface area contributed by atoms with Crippen LogP contribution in [0.5, 0.6) is 0 Å². The molecule has 0 aromatic heterocycles. The number of rotatable bonds is 4. The Hall–Kier alpha value is -2.30. The predicted molar refractivity (Wildman–Crippen MR) is 80.0 cm³/mol. The number of hydrogen-bond donors (Lipinski definition) is 1. The van der Waals surface area contributed by atoms with E-state index in [2.05, 4.69) is 6.58 Å². The van der Waals surface area contributed by atoms with Gasteiger partial charge in [0.25, 0.3) is 0 Å². The number of nitrogens with zero attached hydrogens (tertiary/aromatic N) is 2. The predicted octanol–water partition coefficient (Wildman–Crippen LogP) is 2.13. The van der Waals surface area contributed by atoms with Crippen LogP contribution in [0.1, 0.15) is 18.1 Å². The Kier molecular flexibility index (Phi) is 4.62. The van der Waals surface area contributed by atoms with Crippen molar-refractivity contribution in [2.45, 2.75) is 25.9 Å². The Bertz CT molecular complexity index is 556. The van der Waals surface area contributed by atoms with Crippen LogP contribution in [0.25, 0.3) is 0 Å². The monoisotopic (exact) mass is 288 g/mol. The number of carboxylic acid groups (broad SMARTS) is 1. The number of benzene rings is 1. The molecule has 0 saturated heterocycles. The lowest BCUT2D eigenvalue weighted by Gasteiger charge is -2.37. The highest BCUT2D eigenvalue weighted by molar-refractivity contribution is 5.83. The average Bonchev–Trinajstić information content (AvgIpc) is 2.50. The van der Waals surface area contributed by atoms with Crippen LogP contribution in [0.15, 0.2) is 36.9 Å². The van der Waals surface area contributed by atoms with Crippen LogP contribution in [-0.4, -0.2) is 46.0 Å². The first kappa shape index (κ1) is 15.1. The largest absolute Gasteiger partial charge is 0.480 e. The van der Waals surface area contributed by atoms with Gasteiger partial charge in [-0.25, -0.2) is 9.59 Å². The van der Waals surface area contributed by atoms with E-state index in [9.17, 15) is 14.7 Å². The molecule has 5 heteroatoms. The molecule has 1 aromatic carbocycles. The van der Waals surface area contributed by atoms with Gasteiger partial charge >= 0.3 is 12.0 Å². The summed E-state index contributed by atoms with van der Waals surface area (Å²) in [5.41, 5.74) is 2.01. The highest BCUT2D eigenvalue weighted by Gasteiger charge is 2.35. The van der Waals surface area contributed by atoms with E-state index in [4.69, 9.17) is 0 Å². The molecule has 0 bridgehead atoms. The van der Waals surface area contributed by atoms with Gasteiger partial charge in [-0.05, 0) is 18.1 Å². The molecule has 2 amide bonds. The third-order valence-electron chi connectivity index (χ3n) is 3.78. The third kappa shape index (κ3) is 3.07. The van der Waals surface area contributed by atoms with Crippen molar-refractivity contribution in [2.24, 2.45) is 0 Å². The first-order valence-electron chi connectivity index (χ1n) is 7.04. The summed E-state index contributed by atoms with van der Waals surface area (Å²) in [5.74, 6) is -0.965. The molecule has 5 nitrogen and oxygen atoms in total. The van der Waals surface area contributed by atoms with E-state index in [0.717, 1.165) is 11.1 Å². The summed E-state index contributed by atoms with van der Waals surface area (Å²) in [6.45, 7) is 6.78. The standard InChI is InChI=1S/C16H20N2O3/c1-3-9-17(4-2)16(21)18-11-13-8-6-5-7-12(13)10-14(18)15(19)20/h3,5-8,14H,1,4,9-11H2,2H3,(H,19,20)/t14-/m0/s1. The number of carbonyl (C=O) groups is 2. The van der Waals surface area contributed by atoms with Crippen LogP contribution in [0.3, 0.4) is 0 Å². The van der Waals surface area contributed by atoms with Gasteiger partial charge in [-0.1, -0.05) is 30.3 Å². The van der Waals surface area contributed by atoms with Crippen LogP contribution in [0, 0.1) is 0 Å². The summed E-state index contributed by atoms with van der Waals surface area (Å²) < 4.78 is 0. The van der Waals surface area contributed by atoms with Crippen LogP contribution in [0.4, 0.5) is 4.79 Å². The molecule has 0 unspecified atom stereocenters. The Labute approximate surface area is 124 Å². The Morgan fingerprint density at radius 1 is 1.43 bits per heavy atom. The summed E-state index contributed by atoms with van der Waals surface area (Å²) in [7, 11) is 0. The topological polar surface area (TPSA) is 60.9 Å². The molecule has 1 heterocycles. The van der Waals surface area contributed by atoms with Crippen molar-refractivity contribution in [2.75, 3.05) is 13.1 Å². The van der Waals surface area contributed by atoms with Crippen molar-refractivity contribution in [3.8, 4) is 0 Å². The zero-order valence-electron chi connectivity index (χ0n) is 12.2. The molecule has 1 aliphatic rings. The van der Waals surface area contributed by atoms with Crippen molar-refractivity contribution >= 4 is 12.0 Å². The Morgan fingerprint density at radius 3 is 2.67 bits per heavy atom. The molecule has 2 rings (SSSR count). The second-order valence-corrected chi connectivity index (χ2v) is 5.06. The second-order valence-electron chi connectivity index (χ2n) is 5.06. The molecule has 1 aliphatic heterocycles. The number of carbonyl (C=O) groups excluding carboxylic acids is 1. The van der Waals surface area contributed by atoms with Crippen molar-refractivity contribution in [3.63, 3.8) is 0 Å². The highest BCUT2D eigenvalue weighted by atomic mass is 16.4. The van der Waals surface area contributed by atoms with Crippen LogP contribution >= 0.6 is 0 Å². The highest BCUT2D eigenvalue weighted by Crippen LogP contribution is 2.24. The zero-order valence-corrected chi connectivity index (χ0v) is 12.2. The minimum Gasteiger partial charge on any atom is -0.480 e. The zero-order chi connectivity index (χ0) is 15.4. The fraction of sp³-hybridized carbons (Fsp3) is 0.375. The van der Waals surface area contributed by atoms with Crippen molar-refractivity contribution in [1.82, 2.24) is 9.80 Å². The molecule has 1 aromatic rings. The number of aliphatic carboxylic acids is 1. The molecule has 0 fully saturated rings. The van der Waals surface area contributed by atoms with Gasteiger partial charge < -0.3 is 14.9 Å². The molecule has 0 aliphatic carbocycles. The minimum atomic E-state index is -0.965. The summed E-state index contributed by atoms with van der Waals surface area (Å²) in [6.07, 6.45) is 2.00. The summed E-state index contributed by atoms with van der Waals surface area (Å²) in [4.78, 5) is 27.1. The summed E-state index contributed by atoms with van der Waals surface area (Å²) in [5, 5.41) is 9.43. The van der Waals surface area contributed by atoms with Crippen molar-refractivity contribution in [3.05, 3.63) is 48.0 Å². The Balaban J connectivity index is 2.30. The maximum Gasteiger partial charge on any atom is 0.326 e. The van der Waals surface area contributed by atoms with E-state index in [1.54, 1.807) is 11.0 Å².